The Morgan fingerprint density at radius 1 is 0.864 bits per heavy atom. The lowest BCUT2D eigenvalue weighted by Crippen LogP contribution is -2.37. The van der Waals surface area contributed by atoms with Gasteiger partial charge in [-0.15, -0.1) is 0 Å². The molecular weight excluding hydrogens is 863 g/mol. The number of benzene rings is 4. The molecule has 2 aromatic heterocycles. The minimum absolute atomic E-state index is 0.0160. The number of nitrogens with two attached hydrogens (primary N) is 1. The van der Waals surface area contributed by atoms with E-state index < -0.39 is 11.6 Å². The second-order valence-corrected chi connectivity index (χ2v) is 17.5. The van der Waals surface area contributed by atoms with E-state index in [1.54, 1.807) is 30.3 Å². The predicted molar refractivity (Wildman–Crippen MR) is 254 cm³/mol. The molecule has 0 aliphatic carbocycles. The number of aromatic hydroxyl groups is 2. The number of esters is 1. The quantitative estimate of drug-likeness (QED) is 0.0257. The molecule has 0 bridgehead atoms. The first-order valence-corrected chi connectivity index (χ1v) is 22.6. The van der Waals surface area contributed by atoms with Crippen molar-refractivity contribution >= 4 is 62.6 Å². The lowest BCUT2D eigenvalue weighted by Gasteiger charge is -2.36. The number of aromatic nitrogens is 3. The van der Waals surface area contributed by atoms with E-state index in [1.165, 1.54) is 24.3 Å². The van der Waals surface area contributed by atoms with Crippen molar-refractivity contribution in [3.05, 3.63) is 107 Å². The number of nitrogens with one attached hydrogen (secondary N) is 3. The number of phenols is 2. The van der Waals surface area contributed by atoms with Gasteiger partial charge in [0.15, 0.2) is 16.5 Å². The van der Waals surface area contributed by atoms with Crippen LogP contribution >= 0.6 is 12.2 Å². The first kappa shape index (κ1) is 46.0. The molecule has 6 aromatic rings. The second-order valence-electron chi connectivity index (χ2n) is 17.1. The molecule has 66 heavy (non-hydrogen) atoms. The molecule has 7 N–H and O–H groups in total. The number of hydrogen-bond donors (Lipinski definition) is 6. The highest BCUT2D eigenvalue weighted by Crippen LogP contribution is 2.57. The van der Waals surface area contributed by atoms with Gasteiger partial charge >= 0.3 is 5.97 Å². The number of ether oxygens (including phenoxy) is 5. The Bertz CT molecular complexity index is 2720. The number of rotatable bonds is 20. The number of hydrogen-bond acceptors (Lipinski definition) is 13. The number of aryl methyl sites for hydroxylation is 1. The van der Waals surface area contributed by atoms with Crippen LogP contribution in [0.1, 0.15) is 72.9 Å². The standard InChI is InChI=1S/C49H55N7O9S/c1-4-5-10-41-55-43-44(33-8-6-7-9-38(33)54-45(43)50)56(41)29-48(2,3)28-52-42(59)17-19-61-21-23-63-24-22-62-20-18-51-47(66)53-30-11-14-35-34(25-30)46(60)65-49(35)36-15-12-31(57)26-39(36)64-40-27-32(58)13-16-37(40)49/h6-9,11-16,25-27,57-58H,4-5,10,17-24,28-29H2,1-3H3,(H2,50,54)(H,52,59)(H2,51,53,66). The third-order valence-corrected chi connectivity index (χ3v) is 11.8. The van der Waals surface area contributed by atoms with Crippen molar-refractivity contribution in [1.29, 1.82) is 0 Å². The van der Waals surface area contributed by atoms with Gasteiger partial charge in [-0.1, -0.05) is 51.5 Å². The number of anilines is 2. The lowest BCUT2D eigenvalue weighted by atomic mass is 9.77. The summed E-state index contributed by atoms with van der Waals surface area (Å²) >= 11 is 5.50. The zero-order chi connectivity index (χ0) is 46.4. The molecule has 17 heteroatoms. The van der Waals surface area contributed by atoms with E-state index in [-0.39, 0.29) is 35.8 Å². The Labute approximate surface area is 387 Å². The van der Waals surface area contributed by atoms with Crippen LogP contribution in [0.2, 0.25) is 0 Å². The van der Waals surface area contributed by atoms with Crippen LogP contribution in [-0.2, 0) is 42.3 Å². The second kappa shape index (κ2) is 19.9. The van der Waals surface area contributed by atoms with Crippen molar-refractivity contribution < 1.29 is 43.5 Å². The van der Waals surface area contributed by atoms with Crippen molar-refractivity contribution in [3.63, 3.8) is 0 Å². The molecule has 0 saturated heterocycles. The van der Waals surface area contributed by atoms with Crippen LogP contribution in [0.15, 0.2) is 78.9 Å². The summed E-state index contributed by atoms with van der Waals surface area (Å²) in [7, 11) is 0. The molecular formula is C49H55N7O9S. The number of unbranched alkanes of at least 4 members (excludes halogenated alkanes) is 1. The summed E-state index contributed by atoms with van der Waals surface area (Å²) in [6.45, 7) is 10.1. The van der Waals surface area contributed by atoms with E-state index in [4.69, 9.17) is 46.6 Å². The molecule has 2 aliphatic heterocycles. The first-order chi connectivity index (χ1) is 31.9. The molecule has 1 amide bonds. The maximum absolute atomic E-state index is 13.4. The van der Waals surface area contributed by atoms with Crippen LogP contribution in [0.3, 0.4) is 0 Å². The molecule has 4 aromatic carbocycles. The van der Waals surface area contributed by atoms with Gasteiger partial charge in [0.05, 0.1) is 56.2 Å². The summed E-state index contributed by atoms with van der Waals surface area (Å²) in [5, 5.41) is 31.0. The number of pyridine rings is 1. The molecule has 0 saturated carbocycles. The molecule has 346 valence electrons. The lowest BCUT2D eigenvalue weighted by molar-refractivity contribution is -0.122. The van der Waals surface area contributed by atoms with Gasteiger partial charge in [0.1, 0.15) is 34.3 Å². The van der Waals surface area contributed by atoms with Crippen molar-refractivity contribution in [2.24, 2.45) is 5.41 Å². The average Bonchev–Trinajstić information content (AvgIpc) is 3.79. The number of phenolic OH excluding ortho intramolecular Hbond substituents is 2. The number of fused-ring (bicyclic) bond motifs is 9. The Balaban J connectivity index is 0.708. The van der Waals surface area contributed by atoms with Gasteiger partial charge in [-0.2, -0.15) is 0 Å². The number of thiocarbonyl (C=S) groups is 1. The minimum Gasteiger partial charge on any atom is -0.508 e. The number of carbonyl (C=O) groups excluding carboxylic acids is 2. The number of nitrogen functional groups attached to an aromatic ring is 1. The van der Waals surface area contributed by atoms with Crippen molar-refractivity contribution in [3.8, 4) is 23.0 Å². The molecule has 0 radical (unpaired) electrons. The topological polar surface area (TPSA) is 214 Å². The van der Waals surface area contributed by atoms with E-state index in [0.717, 1.165) is 47.0 Å². The third kappa shape index (κ3) is 9.84. The fourth-order valence-corrected chi connectivity index (χ4v) is 8.63. The largest absolute Gasteiger partial charge is 0.508 e. The van der Waals surface area contributed by atoms with Gasteiger partial charge in [-0.25, -0.2) is 14.8 Å². The summed E-state index contributed by atoms with van der Waals surface area (Å²) < 4.78 is 31.4. The summed E-state index contributed by atoms with van der Waals surface area (Å²) in [5.41, 5.74) is 9.91. The van der Waals surface area contributed by atoms with Gasteiger partial charge in [0, 0.05) is 77.8 Å². The Hall–Kier alpha value is -6.53. The van der Waals surface area contributed by atoms with E-state index in [0.29, 0.717) is 103 Å². The van der Waals surface area contributed by atoms with Crippen LogP contribution in [0.25, 0.3) is 21.9 Å². The monoisotopic (exact) mass is 917 g/mol. The van der Waals surface area contributed by atoms with Crippen molar-refractivity contribution in [1.82, 2.24) is 25.2 Å². The maximum atomic E-state index is 13.4. The van der Waals surface area contributed by atoms with E-state index in [9.17, 15) is 19.8 Å². The third-order valence-electron chi connectivity index (χ3n) is 11.6. The van der Waals surface area contributed by atoms with Crippen LogP contribution in [0.4, 0.5) is 11.5 Å². The van der Waals surface area contributed by atoms with Crippen LogP contribution in [-0.4, -0.2) is 94.5 Å². The first-order valence-electron chi connectivity index (χ1n) is 22.2. The zero-order valence-corrected chi connectivity index (χ0v) is 38.1. The van der Waals surface area contributed by atoms with Gasteiger partial charge in [-0.05, 0) is 61.1 Å². The minimum atomic E-state index is -1.34. The maximum Gasteiger partial charge on any atom is 0.340 e. The molecule has 8 rings (SSSR count). The predicted octanol–water partition coefficient (Wildman–Crippen LogP) is 7.06. The van der Waals surface area contributed by atoms with Gasteiger partial charge < -0.3 is 60.1 Å². The Morgan fingerprint density at radius 3 is 2.24 bits per heavy atom. The number of para-hydroxylation sites is 1. The summed E-state index contributed by atoms with van der Waals surface area (Å²) in [6, 6.07) is 22.5. The molecule has 0 unspecified atom stereocenters. The molecule has 0 atom stereocenters. The highest BCUT2D eigenvalue weighted by Gasteiger charge is 2.53. The SMILES string of the molecule is CCCCc1nc2c(N)nc3ccccc3c2n1CC(C)(C)CNC(=O)CCOCCOCCOCCNC(=S)Nc1ccc2c(c1)C(=O)OC21c2ccc(O)cc2Oc2cc(O)ccc21. The molecule has 2 aliphatic rings. The van der Waals surface area contributed by atoms with Crippen molar-refractivity contribution in [2.45, 2.75) is 58.6 Å². The van der Waals surface area contributed by atoms with Gasteiger partial charge in [0.25, 0.3) is 0 Å². The van der Waals surface area contributed by atoms with Crippen LogP contribution in [0, 0.1) is 5.41 Å². The van der Waals surface area contributed by atoms with E-state index >= 15 is 0 Å². The van der Waals surface area contributed by atoms with E-state index in [1.807, 2.05) is 18.2 Å². The molecule has 0 fully saturated rings. The molecule has 1 spiro atoms. The molecule has 16 nitrogen and oxygen atoms in total. The number of imidazole rings is 1. The van der Waals surface area contributed by atoms with Crippen molar-refractivity contribution in [2.75, 3.05) is 63.8 Å². The van der Waals surface area contributed by atoms with Gasteiger partial charge in [0.2, 0.25) is 5.91 Å². The fourth-order valence-electron chi connectivity index (χ4n) is 8.41. The van der Waals surface area contributed by atoms with Crippen LogP contribution < -0.4 is 26.4 Å². The highest BCUT2D eigenvalue weighted by molar-refractivity contribution is 7.80. The normalized spacial score (nSPS) is 13.5. The number of carbonyl (C=O) groups is 2. The summed E-state index contributed by atoms with van der Waals surface area (Å²) in [4.78, 5) is 35.7. The zero-order valence-electron chi connectivity index (χ0n) is 37.3. The fraction of sp³-hybridized carbons (Fsp3) is 0.367. The number of nitrogens with zero attached hydrogens (tertiary/aromatic N) is 3. The summed E-state index contributed by atoms with van der Waals surface area (Å²) in [6.07, 6.45) is 3.13. The average molecular weight is 918 g/mol. The molecule has 4 heterocycles. The smallest absolute Gasteiger partial charge is 0.340 e. The van der Waals surface area contributed by atoms with Gasteiger partial charge in [-0.3, -0.25) is 4.79 Å². The Morgan fingerprint density at radius 2 is 1.53 bits per heavy atom. The number of amides is 1. The van der Waals surface area contributed by atoms with E-state index in [2.05, 4.69) is 52.3 Å². The Kier molecular flexibility index (Phi) is 13.9. The van der Waals surface area contributed by atoms with Crippen LogP contribution in [0.5, 0.6) is 23.0 Å². The highest BCUT2D eigenvalue weighted by atomic mass is 32.1. The summed E-state index contributed by atoms with van der Waals surface area (Å²) in [5.74, 6) is 1.37.